The summed E-state index contributed by atoms with van der Waals surface area (Å²) in [6.07, 6.45) is 1.52. The predicted octanol–water partition coefficient (Wildman–Crippen LogP) is 2.43. The Hall–Kier alpha value is -2.28. The highest BCUT2D eigenvalue weighted by Crippen LogP contribution is 2.17. The van der Waals surface area contributed by atoms with E-state index in [1.165, 1.54) is 0 Å². The second-order valence-corrected chi connectivity index (χ2v) is 6.71. The maximum absolute atomic E-state index is 11.9. The Morgan fingerprint density at radius 1 is 1.04 bits per heavy atom. The molecule has 1 rings (SSSR count). The van der Waals surface area contributed by atoms with E-state index in [2.05, 4.69) is 42.0 Å². The molecule has 0 atom stereocenters. The summed E-state index contributed by atoms with van der Waals surface area (Å²) in [5.41, 5.74) is 1.70. The summed E-state index contributed by atoms with van der Waals surface area (Å²) in [5, 5.41) is 19.7. The van der Waals surface area contributed by atoms with Crippen LogP contribution in [0.25, 0.3) is 0 Å². The fraction of sp³-hybridized carbons (Fsp3) is 0.556. The average Bonchev–Trinajstić information content (AvgIpc) is 2.60. The molecule has 140 valence electrons. The zero-order chi connectivity index (χ0) is 18.7. The van der Waals surface area contributed by atoms with E-state index in [0.29, 0.717) is 31.7 Å². The number of aliphatic hydroxyl groups excluding tert-OH is 1. The molecule has 0 fully saturated rings. The van der Waals surface area contributed by atoms with Gasteiger partial charge in [-0.25, -0.2) is 9.59 Å². The topological polar surface area (TPSA) is 102 Å². The monoisotopic (exact) mass is 350 g/mol. The van der Waals surface area contributed by atoms with Gasteiger partial charge < -0.3 is 26.4 Å². The lowest BCUT2D eigenvalue weighted by atomic mass is 9.90. The van der Waals surface area contributed by atoms with Crippen molar-refractivity contribution in [2.24, 2.45) is 5.41 Å². The van der Waals surface area contributed by atoms with Crippen LogP contribution >= 0.6 is 0 Å². The quantitative estimate of drug-likeness (QED) is 0.442. The molecule has 7 nitrogen and oxygen atoms in total. The molecule has 1 aromatic rings. The highest BCUT2D eigenvalue weighted by Gasteiger charge is 2.15. The molecule has 0 bridgehead atoms. The zero-order valence-corrected chi connectivity index (χ0v) is 15.3. The number of anilines is 1. The smallest absolute Gasteiger partial charge is 0.319 e. The van der Waals surface area contributed by atoms with Crippen molar-refractivity contribution >= 4 is 17.7 Å². The minimum atomic E-state index is -0.270. The van der Waals surface area contributed by atoms with Gasteiger partial charge >= 0.3 is 12.1 Å². The Morgan fingerprint density at radius 2 is 1.72 bits per heavy atom. The van der Waals surface area contributed by atoms with E-state index >= 15 is 0 Å². The molecule has 7 heteroatoms. The number of carbonyl (C=O) groups is 2. The second kappa shape index (κ2) is 10.6. The van der Waals surface area contributed by atoms with E-state index in [1.807, 2.05) is 12.1 Å². The number of hydrogen-bond acceptors (Lipinski definition) is 3. The van der Waals surface area contributed by atoms with Gasteiger partial charge in [0.15, 0.2) is 0 Å². The largest absolute Gasteiger partial charge is 0.396 e. The van der Waals surface area contributed by atoms with Crippen LogP contribution in [-0.2, 0) is 6.54 Å². The lowest BCUT2D eigenvalue weighted by molar-refractivity contribution is 0.237. The van der Waals surface area contributed by atoms with Crippen LogP contribution in [0.3, 0.4) is 0 Å². The molecular weight excluding hydrogens is 320 g/mol. The Morgan fingerprint density at radius 3 is 2.32 bits per heavy atom. The molecule has 0 radical (unpaired) electrons. The maximum atomic E-state index is 11.9. The molecule has 25 heavy (non-hydrogen) atoms. The first-order valence-electron chi connectivity index (χ1n) is 8.62. The van der Waals surface area contributed by atoms with Crippen LogP contribution in [-0.4, -0.2) is 36.9 Å². The molecule has 0 heterocycles. The van der Waals surface area contributed by atoms with Crippen LogP contribution in [0.1, 0.15) is 39.2 Å². The molecule has 0 aromatic heterocycles. The van der Waals surface area contributed by atoms with Gasteiger partial charge in [0, 0.05) is 31.9 Å². The Labute approximate surface area is 149 Å². The van der Waals surface area contributed by atoms with Crippen molar-refractivity contribution in [1.29, 1.82) is 0 Å². The average molecular weight is 350 g/mol. The van der Waals surface area contributed by atoms with E-state index in [0.717, 1.165) is 12.0 Å². The number of nitrogens with one attached hydrogen (secondary N) is 4. The summed E-state index contributed by atoms with van der Waals surface area (Å²) in [4.78, 5) is 23.4. The molecule has 0 aliphatic rings. The molecule has 4 amide bonds. The van der Waals surface area contributed by atoms with Crippen LogP contribution in [0.5, 0.6) is 0 Å². The van der Waals surface area contributed by atoms with Crippen molar-refractivity contribution in [2.75, 3.05) is 25.0 Å². The van der Waals surface area contributed by atoms with Crippen molar-refractivity contribution in [1.82, 2.24) is 16.0 Å². The fourth-order valence-corrected chi connectivity index (χ4v) is 1.85. The summed E-state index contributed by atoms with van der Waals surface area (Å²) in [6.45, 7) is 7.81. The van der Waals surface area contributed by atoms with Crippen LogP contribution in [0.15, 0.2) is 24.3 Å². The number of hydrogen-bond donors (Lipinski definition) is 5. The van der Waals surface area contributed by atoms with Gasteiger partial charge in [0.1, 0.15) is 0 Å². The molecule has 0 saturated heterocycles. The highest BCUT2D eigenvalue weighted by molar-refractivity contribution is 5.89. The van der Waals surface area contributed by atoms with Crippen LogP contribution in [0, 0.1) is 5.41 Å². The lowest BCUT2D eigenvalue weighted by Crippen LogP contribution is -2.36. The van der Waals surface area contributed by atoms with Gasteiger partial charge in [-0.15, -0.1) is 0 Å². The van der Waals surface area contributed by atoms with Gasteiger partial charge in [-0.3, -0.25) is 0 Å². The molecular formula is C18H30N4O3. The van der Waals surface area contributed by atoms with Crippen molar-refractivity contribution in [3.05, 3.63) is 29.8 Å². The summed E-state index contributed by atoms with van der Waals surface area (Å²) in [7, 11) is 0. The van der Waals surface area contributed by atoms with Crippen molar-refractivity contribution in [2.45, 2.75) is 40.2 Å². The first-order chi connectivity index (χ1) is 11.9. The number of carbonyl (C=O) groups excluding carboxylic acids is 2. The van der Waals surface area contributed by atoms with Crippen LogP contribution in [0.2, 0.25) is 0 Å². The Bertz CT molecular complexity index is 544. The van der Waals surface area contributed by atoms with Crippen molar-refractivity contribution in [3.63, 3.8) is 0 Å². The van der Waals surface area contributed by atoms with E-state index in [-0.39, 0.29) is 24.1 Å². The Kier molecular flexibility index (Phi) is 8.77. The Balaban J connectivity index is 2.35. The van der Waals surface area contributed by atoms with E-state index in [9.17, 15) is 9.59 Å². The van der Waals surface area contributed by atoms with Crippen molar-refractivity contribution < 1.29 is 14.7 Å². The number of benzene rings is 1. The summed E-state index contributed by atoms with van der Waals surface area (Å²) >= 11 is 0. The minimum Gasteiger partial charge on any atom is -0.396 e. The first kappa shape index (κ1) is 20.8. The third kappa shape index (κ3) is 8.95. The molecule has 0 unspecified atom stereocenters. The van der Waals surface area contributed by atoms with Gasteiger partial charge in [-0.05, 0) is 36.0 Å². The fourth-order valence-electron chi connectivity index (χ4n) is 1.85. The van der Waals surface area contributed by atoms with E-state index in [4.69, 9.17) is 5.11 Å². The zero-order valence-electron chi connectivity index (χ0n) is 15.3. The summed E-state index contributed by atoms with van der Waals surface area (Å²) < 4.78 is 0. The van der Waals surface area contributed by atoms with Crippen LogP contribution < -0.4 is 21.3 Å². The van der Waals surface area contributed by atoms with Crippen molar-refractivity contribution in [3.8, 4) is 0 Å². The highest BCUT2D eigenvalue weighted by atomic mass is 16.3. The number of amides is 4. The molecule has 0 aliphatic heterocycles. The maximum Gasteiger partial charge on any atom is 0.319 e. The number of urea groups is 2. The molecule has 0 aliphatic carbocycles. The van der Waals surface area contributed by atoms with E-state index in [1.54, 1.807) is 12.1 Å². The summed E-state index contributed by atoms with van der Waals surface area (Å²) in [6, 6.07) is 6.79. The summed E-state index contributed by atoms with van der Waals surface area (Å²) in [5.74, 6) is 0. The van der Waals surface area contributed by atoms with Gasteiger partial charge in [0.25, 0.3) is 0 Å². The predicted molar refractivity (Wildman–Crippen MR) is 99.5 cm³/mol. The van der Waals surface area contributed by atoms with E-state index < -0.39 is 0 Å². The molecule has 5 N–H and O–H groups in total. The SMILES string of the molecule is CCC(C)(C)CNC(=O)Nc1ccc(CNC(=O)NCCCO)cc1. The van der Waals surface area contributed by atoms with Gasteiger partial charge in [0.2, 0.25) is 0 Å². The second-order valence-electron chi connectivity index (χ2n) is 6.71. The van der Waals surface area contributed by atoms with Gasteiger partial charge in [-0.1, -0.05) is 32.9 Å². The minimum absolute atomic E-state index is 0.0538. The third-order valence-electron chi connectivity index (χ3n) is 3.97. The first-order valence-corrected chi connectivity index (χ1v) is 8.62. The van der Waals surface area contributed by atoms with Crippen LogP contribution in [0.4, 0.5) is 15.3 Å². The third-order valence-corrected chi connectivity index (χ3v) is 3.97. The number of rotatable bonds is 9. The van der Waals surface area contributed by atoms with Gasteiger partial charge in [0.05, 0.1) is 0 Å². The van der Waals surface area contributed by atoms with Gasteiger partial charge in [-0.2, -0.15) is 0 Å². The molecule has 0 spiro atoms. The normalized spacial score (nSPS) is 10.9. The molecule has 0 saturated carbocycles. The molecule has 1 aromatic carbocycles. The lowest BCUT2D eigenvalue weighted by Gasteiger charge is -2.22. The number of aliphatic hydroxyl groups is 1. The standard InChI is InChI=1S/C18H30N4O3/c1-4-18(2,3)13-21-17(25)22-15-8-6-14(7-9-15)12-20-16(24)19-10-5-11-23/h6-9,23H,4-5,10-13H2,1-3H3,(H2,19,20,24)(H2,21,22,25).